The zero-order valence-electron chi connectivity index (χ0n) is 54.7. The van der Waals surface area contributed by atoms with Crippen LogP contribution in [0, 0.1) is 134 Å². The zero-order valence-corrected chi connectivity index (χ0v) is 56.2. The van der Waals surface area contributed by atoms with Gasteiger partial charge in [0, 0.05) is 22.4 Å². The standard InChI is InChI=1S/2C20H26ClF.2C20H26F2.4H2/c1-13-3-6-15(7-4-13)16-8-10-17(11-9-16)18-12-5-14(2)20(22)19(18)21;3*1-13-3-6-15(7-4-13)16-8-10-17(11-9-16)18-12-5-14(2)19(21)20(18)22;;;;/h4*5,10,12-13,15-16H,3-4,6-9,11H2,1-2H3;4*1H. The maximum absolute atomic E-state index is 14.4. The predicted octanol–water partition coefficient (Wildman–Crippen LogP) is 27.1. The van der Waals surface area contributed by atoms with Crippen molar-refractivity contribution in [2.45, 2.75) is 235 Å². The van der Waals surface area contributed by atoms with E-state index in [9.17, 15) is 26.3 Å². The van der Waals surface area contributed by atoms with Crippen LogP contribution >= 0.6 is 23.2 Å². The van der Waals surface area contributed by atoms with Crippen molar-refractivity contribution in [3.63, 3.8) is 0 Å². The van der Waals surface area contributed by atoms with Crippen LogP contribution in [0.25, 0.3) is 22.3 Å². The van der Waals surface area contributed by atoms with Crippen molar-refractivity contribution in [2.75, 3.05) is 0 Å². The molecule has 0 spiro atoms. The number of allylic oxidation sites excluding steroid dienone is 8. The molecule has 8 heteroatoms. The van der Waals surface area contributed by atoms with Gasteiger partial charge in [0.25, 0.3) is 0 Å². The lowest BCUT2D eigenvalue weighted by atomic mass is 9.71. The fraction of sp³-hybridized carbons (Fsp3) is 0.600. The number of halogens is 8. The molecule has 0 saturated heterocycles. The summed E-state index contributed by atoms with van der Waals surface area (Å²) in [5, 5.41) is 0.581. The van der Waals surface area contributed by atoms with E-state index in [1.165, 1.54) is 121 Å². The van der Waals surface area contributed by atoms with Crippen molar-refractivity contribution in [1.82, 2.24) is 0 Å². The summed E-state index contributed by atoms with van der Waals surface area (Å²) in [4.78, 5) is 0. The van der Waals surface area contributed by atoms with Crippen LogP contribution in [0.4, 0.5) is 26.3 Å². The quantitative estimate of drug-likeness (QED) is 0.154. The molecule has 88 heavy (non-hydrogen) atoms. The molecule has 8 aliphatic rings. The van der Waals surface area contributed by atoms with Crippen LogP contribution in [-0.2, 0) is 0 Å². The Hall–Kier alpha value is -4.00. The van der Waals surface area contributed by atoms with Gasteiger partial charge in [0.1, 0.15) is 11.6 Å². The van der Waals surface area contributed by atoms with E-state index in [1.54, 1.807) is 45.0 Å². The van der Waals surface area contributed by atoms with Gasteiger partial charge in [-0.2, -0.15) is 0 Å². The molecule has 4 aromatic carbocycles. The van der Waals surface area contributed by atoms with Crippen molar-refractivity contribution in [2.24, 2.45) is 71.0 Å². The van der Waals surface area contributed by atoms with Gasteiger partial charge in [-0.1, -0.05) is 175 Å². The third kappa shape index (κ3) is 17.4. The molecule has 0 aliphatic heterocycles. The molecule has 0 nitrogen and oxygen atoms in total. The van der Waals surface area contributed by atoms with E-state index < -0.39 is 23.3 Å². The minimum Gasteiger partial charge on any atom is -0.205 e. The summed E-state index contributed by atoms with van der Waals surface area (Å²) in [7, 11) is 0. The van der Waals surface area contributed by atoms with Crippen molar-refractivity contribution in [3.05, 3.63) is 162 Å². The lowest BCUT2D eigenvalue weighted by molar-refractivity contribution is 0.202. The molecule has 0 N–H and O–H groups in total. The molecule has 4 saturated carbocycles. The van der Waals surface area contributed by atoms with Crippen LogP contribution in [0.2, 0.25) is 10.0 Å². The van der Waals surface area contributed by atoms with E-state index >= 15 is 0 Å². The van der Waals surface area contributed by atoms with E-state index in [2.05, 4.69) is 52.0 Å². The highest BCUT2D eigenvalue weighted by Crippen LogP contribution is 2.47. The Morgan fingerprint density at radius 3 is 0.807 bits per heavy atom. The van der Waals surface area contributed by atoms with Crippen LogP contribution < -0.4 is 0 Å². The van der Waals surface area contributed by atoms with Gasteiger partial charge in [-0.05, 0) is 277 Å². The van der Waals surface area contributed by atoms with Crippen LogP contribution in [0.15, 0.2) is 72.8 Å². The lowest BCUT2D eigenvalue weighted by Gasteiger charge is -2.34. The van der Waals surface area contributed by atoms with Crippen molar-refractivity contribution >= 4 is 45.5 Å². The van der Waals surface area contributed by atoms with Crippen LogP contribution in [0.1, 0.15) is 258 Å². The number of aryl methyl sites for hydroxylation is 4. The number of rotatable bonds is 8. The summed E-state index contributed by atoms with van der Waals surface area (Å²) in [5.41, 5.74) is 9.15. The molecule has 12 rings (SSSR count). The highest BCUT2D eigenvalue weighted by Gasteiger charge is 2.33. The smallest absolute Gasteiger partial charge is 0.166 e. The second-order valence-electron chi connectivity index (χ2n) is 29.4. The van der Waals surface area contributed by atoms with Gasteiger partial charge < -0.3 is 0 Å². The molecule has 4 aromatic rings. The highest BCUT2D eigenvalue weighted by atomic mass is 35.5. The van der Waals surface area contributed by atoms with Gasteiger partial charge in [-0.15, -0.1) is 0 Å². The van der Waals surface area contributed by atoms with E-state index in [1.807, 2.05) is 31.2 Å². The second-order valence-corrected chi connectivity index (χ2v) is 30.1. The average Bonchev–Trinajstić information content (AvgIpc) is 1.06. The Morgan fingerprint density at radius 1 is 0.273 bits per heavy atom. The highest BCUT2D eigenvalue weighted by molar-refractivity contribution is 6.32. The maximum atomic E-state index is 14.4. The summed E-state index contributed by atoms with van der Waals surface area (Å²) in [5.74, 6) is 6.97. The predicted molar refractivity (Wildman–Crippen MR) is 369 cm³/mol. The largest absolute Gasteiger partial charge is 0.205 e. The zero-order chi connectivity index (χ0) is 62.8. The Bertz CT molecular complexity index is 2710. The molecule has 4 fully saturated rings. The molecule has 0 amide bonds. The average molecular weight is 1260 g/mol. The minimum absolute atomic E-state index is 0. The molecular weight excluding hydrogens is 1150 g/mol. The first kappa shape index (κ1) is 68.4. The summed E-state index contributed by atoms with van der Waals surface area (Å²) in [6, 6.07) is 14.5. The third-order valence-electron chi connectivity index (χ3n) is 23.2. The Balaban J connectivity index is 0.000000219. The second kappa shape index (κ2) is 32.0. The lowest BCUT2D eigenvalue weighted by Crippen LogP contribution is -2.22. The molecule has 4 atom stereocenters. The monoisotopic (exact) mass is 1260 g/mol. The number of benzene rings is 4. The van der Waals surface area contributed by atoms with Gasteiger partial charge in [0.05, 0.1) is 10.0 Å². The van der Waals surface area contributed by atoms with Gasteiger partial charge in [0.2, 0.25) is 0 Å². The molecular formula is C80H112Cl2F6. The molecule has 0 bridgehead atoms. The Morgan fingerprint density at radius 2 is 0.523 bits per heavy atom. The van der Waals surface area contributed by atoms with Crippen molar-refractivity contribution in [1.29, 1.82) is 0 Å². The third-order valence-corrected chi connectivity index (χ3v) is 24.0. The molecule has 488 valence electrons. The van der Waals surface area contributed by atoms with E-state index in [0.29, 0.717) is 38.4 Å². The van der Waals surface area contributed by atoms with Crippen LogP contribution in [-0.4, -0.2) is 0 Å². The van der Waals surface area contributed by atoms with Gasteiger partial charge in [0.15, 0.2) is 23.3 Å². The summed E-state index contributed by atoms with van der Waals surface area (Å²) in [6.45, 7) is 16.3. The Kier molecular flexibility index (Phi) is 24.9. The van der Waals surface area contributed by atoms with Crippen molar-refractivity contribution < 1.29 is 32.0 Å². The van der Waals surface area contributed by atoms with E-state index in [-0.39, 0.29) is 22.4 Å². The summed E-state index contributed by atoms with van der Waals surface area (Å²) in [6.07, 6.45) is 43.7. The topological polar surface area (TPSA) is 0 Å². The van der Waals surface area contributed by atoms with Crippen LogP contribution in [0.3, 0.4) is 0 Å². The van der Waals surface area contributed by atoms with E-state index in [0.717, 1.165) is 163 Å². The first-order valence-corrected chi connectivity index (χ1v) is 35.6. The molecule has 0 heterocycles. The molecule has 8 aliphatic carbocycles. The molecule has 4 unspecified atom stereocenters. The maximum Gasteiger partial charge on any atom is 0.166 e. The fourth-order valence-electron chi connectivity index (χ4n) is 16.7. The molecule has 0 aromatic heterocycles. The van der Waals surface area contributed by atoms with Gasteiger partial charge in [-0.3, -0.25) is 0 Å². The van der Waals surface area contributed by atoms with Crippen molar-refractivity contribution in [3.8, 4) is 0 Å². The summed E-state index contributed by atoms with van der Waals surface area (Å²) < 4.78 is 84.1. The van der Waals surface area contributed by atoms with Gasteiger partial charge in [-0.25, -0.2) is 26.3 Å². The van der Waals surface area contributed by atoms with Crippen LogP contribution in [0.5, 0.6) is 0 Å². The van der Waals surface area contributed by atoms with Gasteiger partial charge >= 0.3 is 0 Å². The first-order valence-electron chi connectivity index (χ1n) is 34.8. The SMILES string of the molecule is Cc1ccc(C2=CCC(C3CCC(C)CC3)CC2)c(Cl)c1F.Cc1ccc(C2=CCC(C3CCC(C)CC3)CC2)c(F)c1Cl.Cc1ccc(C2=CCC(C3CCC(C)CC3)CC2)c(F)c1F.Cc1ccc(C2=CCC(C3CCC(C)CC3)CC2)c(F)c1F.[HH].[HH].[HH].[HH]. The normalized spacial score (nSPS) is 29.3. The fourth-order valence-corrected chi connectivity index (χ4v) is 17.2. The van der Waals surface area contributed by atoms with E-state index in [4.69, 9.17) is 23.2 Å². The first-order chi connectivity index (χ1) is 42.2. The minimum atomic E-state index is -0.693. The number of hydrogen-bond donors (Lipinski definition) is 0. The Labute approximate surface area is 543 Å². The summed E-state index contributed by atoms with van der Waals surface area (Å²) >= 11 is 12.3. The number of hydrogen-bond acceptors (Lipinski definition) is 0. The molecule has 0 radical (unpaired) electrons.